The van der Waals surface area contributed by atoms with Crippen LogP contribution in [0.15, 0.2) is 24.1 Å². The Balaban J connectivity index is 1.67. The minimum Gasteiger partial charge on any atom is -0.244 e. The topological polar surface area (TPSA) is 0 Å². The lowest BCUT2D eigenvalue weighted by atomic mass is 9.66. The zero-order valence-electron chi connectivity index (χ0n) is 18.4. The summed E-state index contributed by atoms with van der Waals surface area (Å²) < 4.78 is 74.3. The lowest BCUT2D eigenvalue weighted by Crippen LogP contribution is -2.32. The number of hydrogen-bond donors (Lipinski definition) is 0. The van der Waals surface area contributed by atoms with Crippen molar-refractivity contribution >= 4 is 0 Å². The van der Waals surface area contributed by atoms with E-state index < -0.39 is 36.3 Å². The fraction of sp³-hybridized carbons (Fsp3) is 0.810. The summed E-state index contributed by atoms with van der Waals surface area (Å²) in [5.74, 6) is -2.63. The molecule has 0 amide bonds. The van der Waals surface area contributed by atoms with Crippen LogP contribution in [0.1, 0.15) is 70.1 Å². The van der Waals surface area contributed by atoms with E-state index in [-0.39, 0.29) is 0 Å². The first-order valence-corrected chi connectivity index (χ1v) is 9.38. The highest BCUT2D eigenvalue weighted by atomic mass is 19.2. The molecule has 136 valence electrons. The fourth-order valence-electron chi connectivity index (χ4n) is 4.78. The average Bonchev–Trinajstić information content (AvgIpc) is 2.67. The molecular formula is C21H31F3. The normalized spacial score (nSPS) is 55.2. The first-order valence-electron chi connectivity index (χ1n) is 11.4. The molecule has 3 unspecified atom stereocenters. The van der Waals surface area contributed by atoms with Gasteiger partial charge in [0.15, 0.2) is 6.17 Å². The van der Waals surface area contributed by atoms with Crippen molar-refractivity contribution in [3.63, 3.8) is 0 Å². The van der Waals surface area contributed by atoms with Gasteiger partial charge in [-0.3, -0.25) is 0 Å². The quantitative estimate of drug-likeness (QED) is 0.498. The lowest BCUT2D eigenvalue weighted by molar-refractivity contribution is 0.0950. The summed E-state index contributed by atoms with van der Waals surface area (Å²) in [4.78, 5) is 0. The van der Waals surface area contributed by atoms with E-state index in [9.17, 15) is 13.2 Å². The molecule has 0 N–H and O–H groups in total. The van der Waals surface area contributed by atoms with Crippen LogP contribution in [0.2, 0.25) is 0 Å². The van der Waals surface area contributed by atoms with E-state index in [0.29, 0.717) is 36.7 Å². The van der Waals surface area contributed by atoms with Gasteiger partial charge in [0.25, 0.3) is 0 Å². The molecule has 0 saturated heterocycles. The zero-order valence-corrected chi connectivity index (χ0v) is 14.4. The third-order valence-electron chi connectivity index (χ3n) is 6.18. The van der Waals surface area contributed by atoms with E-state index in [4.69, 9.17) is 5.48 Å². The minimum atomic E-state index is -3.80. The number of alkyl halides is 2. The number of allylic oxidation sites excluding steroid dienone is 4. The van der Waals surface area contributed by atoms with Gasteiger partial charge in [-0.2, -0.15) is 0 Å². The van der Waals surface area contributed by atoms with Gasteiger partial charge in [-0.25, -0.2) is 13.2 Å². The molecule has 3 aliphatic rings. The predicted molar refractivity (Wildman–Crippen MR) is 92.8 cm³/mol. The van der Waals surface area contributed by atoms with Crippen LogP contribution in [0.4, 0.5) is 13.2 Å². The molecule has 3 heteroatoms. The Labute approximate surface area is 150 Å². The zero-order chi connectivity index (χ0) is 20.7. The van der Waals surface area contributed by atoms with Crippen LogP contribution in [0.25, 0.3) is 0 Å². The van der Waals surface area contributed by atoms with Gasteiger partial charge in [0.1, 0.15) is 12.0 Å². The van der Waals surface area contributed by atoms with Crippen LogP contribution in [0.3, 0.4) is 0 Å². The molecular weight excluding hydrogens is 309 g/mol. The summed E-state index contributed by atoms with van der Waals surface area (Å²) in [6, 6.07) is 0. The van der Waals surface area contributed by atoms with Gasteiger partial charge in [-0.05, 0) is 100 Å². The monoisotopic (exact) mass is 344 g/mol. The molecule has 24 heavy (non-hydrogen) atoms. The largest absolute Gasteiger partial charge is 0.244 e. The van der Waals surface area contributed by atoms with E-state index >= 15 is 0 Å². The molecule has 0 nitrogen and oxygen atoms in total. The van der Waals surface area contributed by atoms with Crippen LogP contribution in [0.5, 0.6) is 0 Å². The SMILES string of the molecule is [2H]C1(F)C(F)C(F)=CC([2H])(C2CCC(C3CCC(/C=C/C)CC3)CC2)C1([2H])[2H]. The van der Waals surface area contributed by atoms with Crippen LogP contribution >= 0.6 is 0 Å². The Kier molecular flexibility index (Phi) is 4.55. The summed E-state index contributed by atoms with van der Waals surface area (Å²) in [6.45, 7) is 2.04. The Bertz CT molecular complexity index is 617. The molecule has 0 spiro atoms. The molecule has 0 aromatic carbocycles. The smallest absolute Gasteiger partial charge is 0.182 e. The second-order valence-electron chi connectivity index (χ2n) is 7.63. The molecule has 3 aliphatic carbocycles. The summed E-state index contributed by atoms with van der Waals surface area (Å²) in [6.07, 6.45) is 2.33. The first kappa shape index (κ1) is 13.5. The first-order chi connectivity index (χ1) is 13.0. The Hall–Kier alpha value is -0.730. The molecule has 0 aromatic rings. The van der Waals surface area contributed by atoms with Gasteiger partial charge in [0, 0.05) is 4.11 Å². The van der Waals surface area contributed by atoms with Crippen LogP contribution < -0.4 is 0 Å². The van der Waals surface area contributed by atoms with Crippen molar-refractivity contribution < 1.29 is 18.7 Å². The molecule has 0 aliphatic heterocycles. The molecule has 3 rings (SSSR count). The van der Waals surface area contributed by atoms with Crippen molar-refractivity contribution in [2.75, 3.05) is 0 Å². The highest BCUT2D eigenvalue weighted by molar-refractivity contribution is 5.11. The maximum Gasteiger partial charge on any atom is 0.182 e. The van der Waals surface area contributed by atoms with Crippen LogP contribution in [-0.2, 0) is 0 Å². The van der Waals surface area contributed by atoms with E-state index in [1.165, 1.54) is 12.8 Å². The molecule has 0 aromatic heterocycles. The molecule has 0 bridgehead atoms. The van der Waals surface area contributed by atoms with Gasteiger partial charge in [0.05, 0.1) is 1.37 Å². The number of rotatable bonds is 3. The Morgan fingerprint density at radius 2 is 1.54 bits per heavy atom. The van der Waals surface area contributed by atoms with E-state index in [2.05, 4.69) is 12.2 Å². The molecule has 3 atom stereocenters. The molecule has 0 heterocycles. The van der Waals surface area contributed by atoms with Gasteiger partial charge in [-0.1, -0.05) is 12.2 Å². The molecule has 0 radical (unpaired) electrons. The third-order valence-corrected chi connectivity index (χ3v) is 6.18. The predicted octanol–water partition coefficient (Wildman–Crippen LogP) is 6.72. The second kappa shape index (κ2) is 8.10. The van der Waals surface area contributed by atoms with Crippen molar-refractivity contribution in [1.82, 2.24) is 0 Å². The van der Waals surface area contributed by atoms with Crippen molar-refractivity contribution in [2.24, 2.45) is 29.6 Å². The second-order valence-corrected chi connectivity index (χ2v) is 7.63. The standard InChI is InChI=1S/C21H31F3/c1-2-3-14-4-6-15(7-5-14)16-8-10-17(11-9-16)18-12-19(22)21(24)20(23)13-18/h2-3,12,14-18,20-21H,4-11,13H2,1H3/b3-2+/i13D2,18D,20D. The van der Waals surface area contributed by atoms with Crippen LogP contribution in [-0.4, -0.2) is 12.3 Å². The van der Waals surface area contributed by atoms with Crippen molar-refractivity contribution in [3.8, 4) is 0 Å². The highest BCUT2D eigenvalue weighted by Gasteiger charge is 2.38. The third kappa shape index (κ3) is 4.08. The van der Waals surface area contributed by atoms with E-state index in [1.54, 1.807) is 0 Å². The van der Waals surface area contributed by atoms with Crippen molar-refractivity contribution in [3.05, 3.63) is 24.1 Å². The van der Waals surface area contributed by atoms with Gasteiger partial charge < -0.3 is 0 Å². The Morgan fingerprint density at radius 3 is 2.12 bits per heavy atom. The summed E-state index contributed by atoms with van der Waals surface area (Å²) in [5, 5.41) is 0. The Morgan fingerprint density at radius 1 is 1.00 bits per heavy atom. The maximum atomic E-state index is 14.5. The van der Waals surface area contributed by atoms with E-state index in [0.717, 1.165) is 25.7 Å². The van der Waals surface area contributed by atoms with Crippen LogP contribution in [0, 0.1) is 29.6 Å². The summed E-state index contributed by atoms with van der Waals surface area (Å²) in [5.41, 5.74) is 0. The fourth-order valence-corrected chi connectivity index (χ4v) is 4.78. The summed E-state index contributed by atoms with van der Waals surface area (Å²) >= 11 is 0. The average molecular weight is 344 g/mol. The summed E-state index contributed by atoms with van der Waals surface area (Å²) in [7, 11) is 0. The van der Waals surface area contributed by atoms with Gasteiger partial charge in [-0.15, -0.1) is 0 Å². The van der Waals surface area contributed by atoms with Crippen molar-refractivity contribution in [2.45, 2.75) is 77.0 Å². The van der Waals surface area contributed by atoms with Gasteiger partial charge >= 0.3 is 0 Å². The number of hydrogen-bond acceptors (Lipinski definition) is 0. The lowest BCUT2D eigenvalue weighted by Gasteiger charge is -2.40. The maximum absolute atomic E-state index is 14.5. The minimum absolute atomic E-state index is 0.485. The van der Waals surface area contributed by atoms with Gasteiger partial charge in [0.2, 0.25) is 0 Å². The van der Waals surface area contributed by atoms with Crippen molar-refractivity contribution in [1.29, 1.82) is 0 Å². The van der Waals surface area contributed by atoms with E-state index in [1.807, 2.05) is 6.92 Å². The number of halogens is 3. The molecule has 2 saturated carbocycles. The molecule has 2 fully saturated rings. The highest BCUT2D eigenvalue weighted by Crippen LogP contribution is 2.45.